The molecule has 0 aromatic carbocycles. The number of halogens is 3. The van der Waals surface area contributed by atoms with Crippen LogP contribution in [0.3, 0.4) is 0 Å². The van der Waals surface area contributed by atoms with E-state index in [9.17, 15) is 17.7 Å². The third kappa shape index (κ3) is 6.22. The fraction of sp³-hybridized carbons (Fsp3) is 1.00. The molecule has 0 saturated heterocycles. The molecule has 0 aliphatic heterocycles. The predicted octanol–water partition coefficient (Wildman–Crippen LogP) is 1.35. The van der Waals surface area contributed by atoms with Crippen LogP contribution in [0.4, 0.5) is 13.2 Å². The van der Waals surface area contributed by atoms with E-state index in [2.05, 4.69) is 0 Å². The summed E-state index contributed by atoms with van der Waals surface area (Å²) in [5.74, 6) is -1.27. The zero-order valence-corrected chi connectivity index (χ0v) is 6.40. The van der Waals surface area contributed by atoms with Gasteiger partial charge in [-0.15, -0.1) is 0 Å². The predicted molar refractivity (Wildman–Crippen MR) is 33.1 cm³/mol. The zero-order chi connectivity index (χ0) is 9.07. The van der Waals surface area contributed by atoms with Crippen LogP contribution >= 0.6 is 8.03 Å². The van der Waals surface area contributed by atoms with Gasteiger partial charge in [0.25, 0.3) is 0 Å². The van der Waals surface area contributed by atoms with Crippen LogP contribution in [0.15, 0.2) is 0 Å². The minimum atomic E-state index is -4.30. The van der Waals surface area contributed by atoms with Crippen LogP contribution in [0.25, 0.3) is 0 Å². The number of nitrogens with two attached hydrogens (primary N) is 1. The van der Waals surface area contributed by atoms with E-state index in [0.717, 1.165) is 0 Å². The van der Waals surface area contributed by atoms with Gasteiger partial charge in [-0.3, -0.25) is 5.73 Å². The standard InChI is InChI=1S/C4H7F3NO2P/c5-4(6,7)2-1-3(8)11(9)10/h3H,1-2,8H2/p+1. The van der Waals surface area contributed by atoms with Gasteiger partial charge in [0.2, 0.25) is 5.78 Å². The Morgan fingerprint density at radius 3 is 2.27 bits per heavy atom. The normalized spacial score (nSPS) is 16.3. The molecule has 0 fully saturated rings. The minimum Gasteiger partial charge on any atom is -0.285 e. The molecule has 11 heavy (non-hydrogen) atoms. The van der Waals surface area contributed by atoms with E-state index < -0.39 is 32.8 Å². The first-order valence-corrected chi connectivity index (χ1v) is 4.08. The molecule has 0 amide bonds. The summed E-state index contributed by atoms with van der Waals surface area (Å²) in [6, 6.07) is 0. The molecule has 7 heteroatoms. The third-order valence-electron chi connectivity index (χ3n) is 1.01. The molecule has 0 bridgehead atoms. The number of alkyl halides is 3. The Labute approximate surface area is 62.3 Å². The molecule has 3 nitrogen and oxygen atoms in total. The van der Waals surface area contributed by atoms with Gasteiger partial charge in [0, 0.05) is 12.8 Å². The van der Waals surface area contributed by atoms with Crippen molar-refractivity contribution in [1.82, 2.24) is 0 Å². The van der Waals surface area contributed by atoms with Crippen molar-refractivity contribution < 1.29 is 22.6 Å². The lowest BCUT2D eigenvalue weighted by Crippen LogP contribution is -2.19. The van der Waals surface area contributed by atoms with E-state index in [0.29, 0.717) is 0 Å². The van der Waals surface area contributed by atoms with Crippen LogP contribution in [0.1, 0.15) is 12.8 Å². The first-order valence-electron chi connectivity index (χ1n) is 2.80. The second-order valence-electron chi connectivity index (χ2n) is 2.02. The molecule has 66 valence electrons. The summed E-state index contributed by atoms with van der Waals surface area (Å²) < 4.78 is 44.4. The fourth-order valence-electron chi connectivity index (χ4n) is 0.422. The van der Waals surface area contributed by atoms with Gasteiger partial charge in [-0.1, -0.05) is 0 Å². The molecule has 0 rings (SSSR count). The Balaban J connectivity index is 3.63. The van der Waals surface area contributed by atoms with Crippen LogP contribution in [0.5, 0.6) is 0 Å². The first-order chi connectivity index (χ1) is 4.83. The molecule has 0 aromatic rings. The summed E-state index contributed by atoms with van der Waals surface area (Å²) >= 11 is 0. The molecule has 0 aliphatic carbocycles. The van der Waals surface area contributed by atoms with Crippen LogP contribution in [-0.2, 0) is 4.57 Å². The molecule has 2 atom stereocenters. The van der Waals surface area contributed by atoms with Crippen molar-refractivity contribution in [3.05, 3.63) is 0 Å². The lowest BCUT2D eigenvalue weighted by Gasteiger charge is -2.03. The van der Waals surface area contributed by atoms with E-state index in [1.165, 1.54) is 0 Å². The van der Waals surface area contributed by atoms with Crippen molar-refractivity contribution in [2.24, 2.45) is 5.73 Å². The average Bonchev–Trinajstić information content (AvgIpc) is 1.80. The Morgan fingerprint density at radius 1 is 1.55 bits per heavy atom. The lowest BCUT2D eigenvalue weighted by atomic mass is 10.3. The Morgan fingerprint density at radius 2 is 2.00 bits per heavy atom. The molecule has 0 saturated carbocycles. The van der Waals surface area contributed by atoms with Crippen molar-refractivity contribution in [2.75, 3.05) is 0 Å². The van der Waals surface area contributed by atoms with Gasteiger partial charge in [0.15, 0.2) is 0 Å². The van der Waals surface area contributed by atoms with Crippen LogP contribution in [-0.4, -0.2) is 16.9 Å². The molecule has 0 radical (unpaired) electrons. The van der Waals surface area contributed by atoms with E-state index in [1.807, 2.05) is 0 Å². The van der Waals surface area contributed by atoms with Gasteiger partial charge >= 0.3 is 14.2 Å². The Bertz CT molecular complexity index is 149. The summed E-state index contributed by atoms with van der Waals surface area (Å²) in [5, 5.41) is 0. The Hall–Kier alpha value is -0.190. The van der Waals surface area contributed by atoms with Crippen LogP contribution in [0, 0.1) is 0 Å². The van der Waals surface area contributed by atoms with Gasteiger partial charge in [-0.05, 0) is 4.57 Å². The van der Waals surface area contributed by atoms with Gasteiger partial charge in [0.1, 0.15) is 0 Å². The summed E-state index contributed by atoms with van der Waals surface area (Å²) in [4.78, 5) is 8.23. The average molecular weight is 190 g/mol. The van der Waals surface area contributed by atoms with Crippen molar-refractivity contribution >= 4 is 8.03 Å². The van der Waals surface area contributed by atoms with Crippen molar-refractivity contribution in [1.29, 1.82) is 0 Å². The highest BCUT2D eigenvalue weighted by Gasteiger charge is 2.32. The highest BCUT2D eigenvalue weighted by Crippen LogP contribution is 2.28. The first kappa shape index (κ1) is 10.8. The monoisotopic (exact) mass is 190 g/mol. The van der Waals surface area contributed by atoms with E-state index in [-0.39, 0.29) is 0 Å². The quantitative estimate of drug-likeness (QED) is 0.660. The van der Waals surface area contributed by atoms with E-state index in [4.69, 9.17) is 10.6 Å². The molecule has 0 aromatic heterocycles. The second-order valence-corrected chi connectivity index (χ2v) is 3.29. The maximum absolute atomic E-state index is 11.4. The summed E-state index contributed by atoms with van der Waals surface area (Å²) in [7, 11) is -2.69. The molecule has 2 unspecified atom stereocenters. The molecular weight excluding hydrogens is 182 g/mol. The Kier molecular flexibility index (Phi) is 3.92. The largest absolute Gasteiger partial charge is 0.524 e. The fourth-order valence-corrected chi connectivity index (χ4v) is 0.772. The highest BCUT2D eigenvalue weighted by atomic mass is 31.1. The number of hydrogen-bond donors (Lipinski definition) is 2. The molecule has 0 aliphatic rings. The number of rotatable bonds is 3. The SMILES string of the molecule is NC(CCC(F)(F)F)[P+](=O)O. The second kappa shape index (κ2) is 3.99. The van der Waals surface area contributed by atoms with Gasteiger partial charge in [-0.25, -0.2) is 0 Å². The zero-order valence-electron chi connectivity index (χ0n) is 5.51. The van der Waals surface area contributed by atoms with Crippen LogP contribution < -0.4 is 5.73 Å². The molecule has 0 spiro atoms. The summed E-state index contributed by atoms with van der Waals surface area (Å²) in [5.41, 5.74) is 4.89. The van der Waals surface area contributed by atoms with Crippen molar-refractivity contribution in [3.63, 3.8) is 0 Å². The smallest absolute Gasteiger partial charge is 0.285 e. The van der Waals surface area contributed by atoms with Gasteiger partial charge in [-0.2, -0.15) is 18.1 Å². The van der Waals surface area contributed by atoms with E-state index >= 15 is 0 Å². The third-order valence-corrected chi connectivity index (χ3v) is 1.83. The van der Waals surface area contributed by atoms with E-state index in [1.54, 1.807) is 0 Å². The topological polar surface area (TPSA) is 63.3 Å². The van der Waals surface area contributed by atoms with Crippen LogP contribution in [0.2, 0.25) is 0 Å². The van der Waals surface area contributed by atoms with Gasteiger partial charge < -0.3 is 0 Å². The summed E-state index contributed by atoms with van der Waals surface area (Å²) in [6.45, 7) is 0. The summed E-state index contributed by atoms with van der Waals surface area (Å²) in [6.07, 6.45) is -5.92. The van der Waals surface area contributed by atoms with Gasteiger partial charge in [0.05, 0.1) is 0 Å². The lowest BCUT2D eigenvalue weighted by molar-refractivity contribution is -0.135. The molecule has 3 N–H and O–H groups in total. The number of hydrogen-bond acceptors (Lipinski definition) is 2. The minimum absolute atomic E-state index is 0.505. The molecular formula is C4H8F3NO2P+. The maximum atomic E-state index is 11.4. The molecule has 0 heterocycles. The van der Waals surface area contributed by atoms with Crippen molar-refractivity contribution in [2.45, 2.75) is 24.8 Å². The van der Waals surface area contributed by atoms with Crippen molar-refractivity contribution in [3.8, 4) is 0 Å². The maximum Gasteiger partial charge on any atom is 0.524 e. The highest BCUT2D eigenvalue weighted by molar-refractivity contribution is 7.38.